The molecular weight excluding hydrogens is 504 g/mol. The lowest BCUT2D eigenvalue weighted by Crippen LogP contribution is -2.57. The highest BCUT2D eigenvalue weighted by Crippen LogP contribution is 2.38. The molecule has 0 aromatic heterocycles. The molecule has 3 fully saturated rings. The van der Waals surface area contributed by atoms with Gasteiger partial charge in [-0.3, -0.25) is 24.6 Å². The molecule has 1 N–H and O–H groups in total. The van der Waals surface area contributed by atoms with E-state index in [0.29, 0.717) is 41.1 Å². The van der Waals surface area contributed by atoms with Crippen LogP contribution in [0.25, 0.3) is 0 Å². The molecule has 38 heavy (non-hydrogen) atoms. The summed E-state index contributed by atoms with van der Waals surface area (Å²) in [5.74, 6) is 0.221. The Morgan fingerprint density at radius 2 is 1.84 bits per heavy atom. The number of hydrogen-bond donors (Lipinski definition) is 1. The van der Waals surface area contributed by atoms with E-state index in [-0.39, 0.29) is 24.3 Å². The third kappa shape index (κ3) is 4.55. The molecule has 2 saturated heterocycles. The number of piperidine rings is 1. The van der Waals surface area contributed by atoms with Crippen LogP contribution in [0.1, 0.15) is 71.5 Å². The maximum absolute atomic E-state index is 13.0. The average molecular weight is 533 g/mol. The molecule has 2 aromatic rings. The van der Waals surface area contributed by atoms with Crippen molar-refractivity contribution in [3.8, 4) is 11.8 Å². The number of carbonyl (C=O) groups is 3. The van der Waals surface area contributed by atoms with Gasteiger partial charge in [0.25, 0.3) is 5.91 Å². The molecule has 196 valence electrons. The first-order valence-electron chi connectivity index (χ1n) is 13.3. The van der Waals surface area contributed by atoms with Gasteiger partial charge in [-0.25, -0.2) is 0 Å². The summed E-state index contributed by atoms with van der Waals surface area (Å²) >= 11 is 6.46. The summed E-state index contributed by atoms with van der Waals surface area (Å²) in [6.45, 7) is 2.16. The average Bonchev–Trinajstić information content (AvgIpc) is 3.20. The van der Waals surface area contributed by atoms with Crippen molar-refractivity contribution in [2.75, 3.05) is 13.1 Å². The Hall–Kier alpha value is -3.41. The maximum Gasteiger partial charge on any atom is 0.255 e. The number of fused-ring (bicyclic) bond motifs is 1. The van der Waals surface area contributed by atoms with Crippen molar-refractivity contribution in [1.29, 1.82) is 5.26 Å². The van der Waals surface area contributed by atoms with Gasteiger partial charge in [-0.2, -0.15) is 5.26 Å². The largest absolute Gasteiger partial charge is 0.489 e. The van der Waals surface area contributed by atoms with E-state index in [1.54, 1.807) is 17.0 Å². The number of benzene rings is 2. The SMILES string of the molecule is N#Cc1ccc(C2CN([C@@H]3CCCC[C@@H]3Oc3ccc4c(c3)CN(C3CCC(=O)NC3=O)C4=O)C2)c(Cl)c1. The molecule has 9 heteroatoms. The molecule has 0 spiro atoms. The van der Waals surface area contributed by atoms with E-state index in [1.165, 1.54) is 6.42 Å². The molecule has 3 aliphatic heterocycles. The number of hydrogen-bond acceptors (Lipinski definition) is 6. The topological polar surface area (TPSA) is 103 Å². The fourth-order valence-electron chi connectivity index (χ4n) is 6.34. The lowest BCUT2D eigenvalue weighted by Gasteiger charge is -2.48. The Balaban J connectivity index is 1.11. The monoisotopic (exact) mass is 532 g/mol. The second-order valence-corrected chi connectivity index (χ2v) is 11.1. The van der Waals surface area contributed by atoms with Crippen molar-refractivity contribution in [3.63, 3.8) is 0 Å². The van der Waals surface area contributed by atoms with Gasteiger partial charge in [-0.05, 0) is 67.1 Å². The van der Waals surface area contributed by atoms with Gasteiger partial charge in [0.15, 0.2) is 0 Å². The Labute approximate surface area is 226 Å². The highest BCUT2D eigenvalue weighted by Gasteiger charge is 2.41. The van der Waals surface area contributed by atoms with E-state index < -0.39 is 11.9 Å². The molecule has 1 saturated carbocycles. The summed E-state index contributed by atoms with van der Waals surface area (Å²) in [7, 11) is 0. The van der Waals surface area contributed by atoms with Gasteiger partial charge in [0.2, 0.25) is 11.8 Å². The first-order chi connectivity index (χ1) is 18.4. The normalized spacial score (nSPS) is 25.9. The number of halogens is 1. The molecule has 3 amide bonds. The first kappa shape index (κ1) is 24.9. The van der Waals surface area contributed by atoms with Crippen LogP contribution in [-0.2, 0) is 16.1 Å². The van der Waals surface area contributed by atoms with Crippen LogP contribution in [0.4, 0.5) is 0 Å². The van der Waals surface area contributed by atoms with Gasteiger partial charge in [0.05, 0.1) is 11.6 Å². The number of nitrogens with zero attached hydrogens (tertiary/aromatic N) is 3. The van der Waals surface area contributed by atoms with Crippen molar-refractivity contribution in [3.05, 3.63) is 63.7 Å². The Kier molecular flexibility index (Phi) is 6.58. The fourth-order valence-corrected chi connectivity index (χ4v) is 6.67. The van der Waals surface area contributed by atoms with Gasteiger partial charge in [-0.1, -0.05) is 24.1 Å². The lowest BCUT2D eigenvalue weighted by molar-refractivity contribution is -0.136. The smallest absolute Gasteiger partial charge is 0.255 e. The number of imide groups is 1. The molecule has 1 aliphatic carbocycles. The predicted octanol–water partition coefficient (Wildman–Crippen LogP) is 3.76. The van der Waals surface area contributed by atoms with E-state index >= 15 is 0 Å². The highest BCUT2D eigenvalue weighted by molar-refractivity contribution is 6.31. The standard InChI is InChI=1S/C29H29ClN4O4/c30-23-11-17(13-31)5-7-21(23)19-14-33(15-19)24-3-1-2-4-26(24)38-20-6-8-22-18(12-20)16-34(29(22)37)25-9-10-27(35)32-28(25)36/h5-8,11-12,19,24-26H,1-4,9-10,14-16H2,(H,32,35,36)/t24-,25?,26+/m1/s1. The second-order valence-electron chi connectivity index (χ2n) is 10.7. The van der Waals surface area contributed by atoms with Gasteiger partial charge < -0.3 is 9.64 Å². The number of nitrogens with one attached hydrogen (secondary N) is 1. The number of rotatable bonds is 5. The molecule has 6 rings (SSSR count). The van der Waals surface area contributed by atoms with Crippen molar-refractivity contribution in [2.24, 2.45) is 0 Å². The number of likely N-dealkylation sites (tertiary alicyclic amines) is 1. The fraction of sp³-hybridized carbons (Fsp3) is 0.448. The number of nitriles is 1. The third-order valence-corrected chi connectivity index (χ3v) is 8.73. The van der Waals surface area contributed by atoms with Crippen LogP contribution in [0.3, 0.4) is 0 Å². The highest BCUT2D eigenvalue weighted by atomic mass is 35.5. The van der Waals surface area contributed by atoms with Gasteiger partial charge in [0, 0.05) is 48.6 Å². The number of ether oxygens (including phenoxy) is 1. The minimum Gasteiger partial charge on any atom is -0.489 e. The van der Waals surface area contributed by atoms with Gasteiger partial charge >= 0.3 is 0 Å². The summed E-state index contributed by atoms with van der Waals surface area (Å²) in [6.07, 6.45) is 4.98. The molecule has 3 atom stereocenters. The minimum atomic E-state index is -0.622. The molecule has 1 unspecified atom stereocenters. The summed E-state index contributed by atoms with van der Waals surface area (Å²) in [4.78, 5) is 40.9. The molecule has 8 nitrogen and oxygen atoms in total. The summed E-state index contributed by atoms with van der Waals surface area (Å²) in [5.41, 5.74) is 3.11. The lowest BCUT2D eigenvalue weighted by atomic mass is 9.84. The quantitative estimate of drug-likeness (QED) is 0.588. The zero-order valence-electron chi connectivity index (χ0n) is 21.0. The molecular formula is C29H29ClN4O4. The zero-order chi connectivity index (χ0) is 26.4. The van der Waals surface area contributed by atoms with Crippen molar-refractivity contribution in [2.45, 2.75) is 69.2 Å². The third-order valence-electron chi connectivity index (χ3n) is 8.40. The second kappa shape index (κ2) is 10.0. The first-order valence-corrected chi connectivity index (χ1v) is 13.7. The Bertz CT molecular complexity index is 1350. The Morgan fingerprint density at radius 1 is 1.03 bits per heavy atom. The van der Waals surface area contributed by atoms with Crippen LogP contribution in [-0.4, -0.2) is 58.8 Å². The van der Waals surface area contributed by atoms with E-state index in [1.807, 2.05) is 24.3 Å². The van der Waals surface area contributed by atoms with Crippen LogP contribution in [0, 0.1) is 11.3 Å². The van der Waals surface area contributed by atoms with E-state index in [4.69, 9.17) is 21.6 Å². The van der Waals surface area contributed by atoms with Gasteiger partial charge in [-0.15, -0.1) is 0 Å². The van der Waals surface area contributed by atoms with Crippen LogP contribution in [0.2, 0.25) is 5.02 Å². The minimum absolute atomic E-state index is 0.0579. The molecule has 4 aliphatic rings. The number of carbonyl (C=O) groups excluding carboxylic acids is 3. The van der Waals surface area contributed by atoms with E-state index in [0.717, 1.165) is 49.2 Å². The van der Waals surface area contributed by atoms with Gasteiger partial charge in [0.1, 0.15) is 17.9 Å². The summed E-state index contributed by atoms with van der Waals surface area (Å²) in [6, 6.07) is 13.0. The Morgan fingerprint density at radius 3 is 2.61 bits per heavy atom. The number of amides is 3. The summed E-state index contributed by atoms with van der Waals surface area (Å²) in [5, 5.41) is 12.1. The van der Waals surface area contributed by atoms with Crippen LogP contribution in [0.15, 0.2) is 36.4 Å². The molecule has 0 bridgehead atoms. The van der Waals surface area contributed by atoms with E-state index in [9.17, 15) is 14.4 Å². The predicted molar refractivity (Wildman–Crippen MR) is 140 cm³/mol. The molecule has 0 radical (unpaired) electrons. The van der Waals surface area contributed by atoms with Crippen molar-refractivity contribution in [1.82, 2.24) is 15.1 Å². The van der Waals surface area contributed by atoms with Crippen LogP contribution < -0.4 is 10.1 Å². The van der Waals surface area contributed by atoms with Crippen molar-refractivity contribution >= 4 is 29.3 Å². The van der Waals surface area contributed by atoms with Crippen LogP contribution in [0.5, 0.6) is 5.75 Å². The maximum atomic E-state index is 13.0. The van der Waals surface area contributed by atoms with Crippen LogP contribution >= 0.6 is 11.6 Å². The molecule has 2 aromatic carbocycles. The van der Waals surface area contributed by atoms with E-state index in [2.05, 4.69) is 16.3 Å². The summed E-state index contributed by atoms with van der Waals surface area (Å²) < 4.78 is 6.54. The zero-order valence-corrected chi connectivity index (χ0v) is 21.7. The van der Waals surface area contributed by atoms with Crippen molar-refractivity contribution < 1.29 is 19.1 Å². The molecule has 3 heterocycles.